The number of nitrogens with one attached hydrogen (secondary N) is 1. The minimum absolute atomic E-state index is 0.0553. The number of pyridine rings is 1. The number of nitro benzene ring substituents is 1. The van der Waals surface area contributed by atoms with Gasteiger partial charge in [-0.3, -0.25) is 19.3 Å². The Bertz CT molecular complexity index is 1020. The van der Waals surface area contributed by atoms with E-state index in [2.05, 4.69) is 10.3 Å². The number of amides is 1. The predicted molar refractivity (Wildman–Crippen MR) is 97.2 cm³/mol. The average molecular weight is 375 g/mol. The summed E-state index contributed by atoms with van der Waals surface area (Å²) in [5, 5.41) is 14.0. The molecule has 0 unspecified atom stereocenters. The number of anilines is 1. The first-order valence-corrected chi connectivity index (χ1v) is 8.16. The van der Waals surface area contributed by atoms with Gasteiger partial charge in [0, 0.05) is 17.3 Å². The fraction of sp³-hybridized carbons (Fsp3) is 0.176. The summed E-state index contributed by atoms with van der Waals surface area (Å²) in [6, 6.07) is 7.55. The number of nitro groups is 1. The molecular formula is C17H15ClN4O4. The zero-order valence-electron chi connectivity index (χ0n) is 14.0. The number of benzene rings is 1. The average Bonchev–Trinajstić information content (AvgIpc) is 2.93. The maximum atomic E-state index is 12.8. The summed E-state index contributed by atoms with van der Waals surface area (Å²) >= 11 is 5.80. The minimum atomic E-state index is -0.601. The van der Waals surface area contributed by atoms with E-state index < -0.39 is 10.8 Å². The molecule has 1 N–H and O–H groups in total. The molecule has 2 heterocycles. The number of ether oxygens (including phenoxy) is 1. The third-order valence-corrected chi connectivity index (χ3v) is 3.94. The van der Waals surface area contributed by atoms with Gasteiger partial charge in [-0.05, 0) is 38.1 Å². The molecule has 0 saturated heterocycles. The molecule has 1 amide bonds. The molecule has 8 nitrogen and oxygen atoms in total. The molecule has 0 fully saturated rings. The molecule has 3 aromatic rings. The number of carbonyl (C=O) groups is 1. The van der Waals surface area contributed by atoms with Crippen LogP contribution in [0.25, 0.3) is 5.65 Å². The normalized spacial score (nSPS) is 10.7. The molecule has 0 aliphatic rings. The largest absolute Gasteiger partial charge is 0.490 e. The first-order chi connectivity index (χ1) is 12.4. The van der Waals surface area contributed by atoms with E-state index in [0.717, 1.165) is 0 Å². The van der Waals surface area contributed by atoms with E-state index in [1.54, 1.807) is 29.7 Å². The quantitative estimate of drug-likeness (QED) is 0.540. The standard InChI is InChI=1S/C17H15ClN4O4/c1-3-26-14-5-4-8-21-15(10(2)19-16(14)21)17(23)20-12-7-6-11(18)9-13(12)22(24)25/h4-9H,3H2,1-2H3,(H,20,23). The van der Waals surface area contributed by atoms with Gasteiger partial charge < -0.3 is 10.1 Å². The second kappa shape index (κ2) is 7.01. The lowest BCUT2D eigenvalue weighted by atomic mass is 10.2. The molecule has 0 aliphatic carbocycles. The minimum Gasteiger partial charge on any atom is -0.490 e. The molecule has 0 saturated carbocycles. The van der Waals surface area contributed by atoms with Gasteiger partial charge in [-0.15, -0.1) is 0 Å². The third-order valence-electron chi connectivity index (χ3n) is 3.71. The van der Waals surface area contributed by atoms with E-state index in [4.69, 9.17) is 16.3 Å². The Morgan fingerprint density at radius 1 is 1.42 bits per heavy atom. The van der Waals surface area contributed by atoms with Gasteiger partial charge in [0.1, 0.15) is 11.4 Å². The van der Waals surface area contributed by atoms with Crippen molar-refractivity contribution in [2.45, 2.75) is 13.8 Å². The molecule has 0 atom stereocenters. The molecule has 2 aromatic heterocycles. The Morgan fingerprint density at radius 2 is 2.19 bits per heavy atom. The molecule has 0 radical (unpaired) electrons. The van der Waals surface area contributed by atoms with Crippen molar-refractivity contribution >= 4 is 34.5 Å². The van der Waals surface area contributed by atoms with Gasteiger partial charge in [0.15, 0.2) is 11.4 Å². The van der Waals surface area contributed by atoms with E-state index in [9.17, 15) is 14.9 Å². The number of hydrogen-bond donors (Lipinski definition) is 1. The lowest BCUT2D eigenvalue weighted by Gasteiger charge is -2.08. The van der Waals surface area contributed by atoms with Crippen LogP contribution in [0.5, 0.6) is 5.75 Å². The topological polar surface area (TPSA) is 98.8 Å². The molecule has 26 heavy (non-hydrogen) atoms. The van der Waals surface area contributed by atoms with Gasteiger partial charge in [-0.2, -0.15) is 0 Å². The number of aryl methyl sites for hydroxylation is 1. The van der Waals surface area contributed by atoms with Gasteiger partial charge in [0.05, 0.1) is 17.2 Å². The van der Waals surface area contributed by atoms with Crippen LogP contribution >= 0.6 is 11.6 Å². The molecule has 0 spiro atoms. The van der Waals surface area contributed by atoms with Gasteiger partial charge >= 0.3 is 0 Å². The maximum Gasteiger partial charge on any atom is 0.294 e. The highest BCUT2D eigenvalue weighted by atomic mass is 35.5. The zero-order chi connectivity index (χ0) is 18.8. The number of fused-ring (bicyclic) bond motifs is 1. The van der Waals surface area contributed by atoms with Gasteiger partial charge in [-0.25, -0.2) is 4.98 Å². The molecule has 0 bridgehead atoms. The Morgan fingerprint density at radius 3 is 2.88 bits per heavy atom. The van der Waals surface area contributed by atoms with Crippen LogP contribution < -0.4 is 10.1 Å². The van der Waals surface area contributed by atoms with E-state index in [-0.39, 0.29) is 22.1 Å². The number of rotatable bonds is 5. The highest BCUT2D eigenvalue weighted by Crippen LogP contribution is 2.29. The van der Waals surface area contributed by atoms with Crippen LogP contribution in [0.1, 0.15) is 23.1 Å². The molecule has 9 heteroatoms. The van der Waals surface area contributed by atoms with E-state index in [1.165, 1.54) is 18.2 Å². The SMILES string of the molecule is CCOc1cccn2c(C(=O)Nc3ccc(Cl)cc3[N+](=O)[O-])c(C)nc12. The molecule has 1 aromatic carbocycles. The van der Waals surface area contributed by atoms with Crippen LogP contribution in [0.15, 0.2) is 36.5 Å². The van der Waals surface area contributed by atoms with Crippen LogP contribution in [0.4, 0.5) is 11.4 Å². The van der Waals surface area contributed by atoms with Crippen LogP contribution in [0, 0.1) is 17.0 Å². The Hall–Kier alpha value is -3.13. The fourth-order valence-electron chi connectivity index (χ4n) is 2.64. The predicted octanol–water partition coefficient (Wildman–Crippen LogP) is 3.86. The second-order valence-electron chi connectivity index (χ2n) is 5.42. The summed E-state index contributed by atoms with van der Waals surface area (Å²) in [6.45, 7) is 4.00. The first kappa shape index (κ1) is 17.7. The number of aromatic nitrogens is 2. The highest BCUT2D eigenvalue weighted by Gasteiger charge is 2.22. The summed E-state index contributed by atoms with van der Waals surface area (Å²) < 4.78 is 7.12. The smallest absolute Gasteiger partial charge is 0.294 e. The van der Waals surface area contributed by atoms with Crippen molar-refractivity contribution < 1.29 is 14.5 Å². The van der Waals surface area contributed by atoms with Crippen LogP contribution in [0.3, 0.4) is 0 Å². The summed E-state index contributed by atoms with van der Waals surface area (Å²) in [7, 11) is 0. The summed E-state index contributed by atoms with van der Waals surface area (Å²) in [6.07, 6.45) is 1.68. The monoisotopic (exact) mass is 374 g/mol. The van der Waals surface area contributed by atoms with Crippen molar-refractivity contribution in [3.63, 3.8) is 0 Å². The maximum absolute atomic E-state index is 12.8. The lowest BCUT2D eigenvalue weighted by molar-refractivity contribution is -0.383. The summed E-state index contributed by atoms with van der Waals surface area (Å²) in [4.78, 5) is 27.8. The number of imidazole rings is 1. The molecule has 134 valence electrons. The van der Waals surface area contributed by atoms with Crippen LogP contribution in [-0.4, -0.2) is 26.8 Å². The van der Waals surface area contributed by atoms with E-state index in [0.29, 0.717) is 23.7 Å². The zero-order valence-corrected chi connectivity index (χ0v) is 14.8. The molecule has 3 rings (SSSR count). The van der Waals surface area contributed by atoms with Crippen LogP contribution in [-0.2, 0) is 0 Å². The van der Waals surface area contributed by atoms with Crippen molar-refractivity contribution in [1.82, 2.24) is 9.38 Å². The highest BCUT2D eigenvalue weighted by molar-refractivity contribution is 6.31. The molecular weight excluding hydrogens is 360 g/mol. The third kappa shape index (κ3) is 3.18. The van der Waals surface area contributed by atoms with Gasteiger partial charge in [0.2, 0.25) is 0 Å². The van der Waals surface area contributed by atoms with Crippen molar-refractivity contribution in [2.24, 2.45) is 0 Å². The first-order valence-electron chi connectivity index (χ1n) is 7.78. The van der Waals surface area contributed by atoms with Crippen molar-refractivity contribution in [3.8, 4) is 5.75 Å². The molecule has 0 aliphatic heterocycles. The Kier molecular flexibility index (Phi) is 4.77. The number of nitrogens with zero attached hydrogens (tertiary/aromatic N) is 3. The van der Waals surface area contributed by atoms with E-state index >= 15 is 0 Å². The lowest BCUT2D eigenvalue weighted by Crippen LogP contribution is -2.16. The summed E-state index contributed by atoms with van der Waals surface area (Å²) in [5.41, 5.74) is 1.02. The Balaban J connectivity index is 2.03. The second-order valence-corrected chi connectivity index (χ2v) is 5.85. The van der Waals surface area contributed by atoms with Crippen molar-refractivity contribution in [1.29, 1.82) is 0 Å². The summed E-state index contributed by atoms with van der Waals surface area (Å²) in [5.74, 6) is 0.0312. The van der Waals surface area contributed by atoms with Crippen LogP contribution in [0.2, 0.25) is 5.02 Å². The van der Waals surface area contributed by atoms with Gasteiger partial charge in [-0.1, -0.05) is 11.6 Å². The van der Waals surface area contributed by atoms with Gasteiger partial charge in [0.25, 0.3) is 11.6 Å². The fourth-order valence-corrected chi connectivity index (χ4v) is 2.81. The van der Waals surface area contributed by atoms with Crippen molar-refractivity contribution in [2.75, 3.05) is 11.9 Å². The number of halogens is 1. The van der Waals surface area contributed by atoms with E-state index in [1.807, 2.05) is 6.92 Å². The number of hydrogen-bond acceptors (Lipinski definition) is 5. The van der Waals surface area contributed by atoms with Crippen molar-refractivity contribution in [3.05, 3.63) is 63.1 Å². The Labute approximate surface area is 153 Å². The number of carbonyl (C=O) groups excluding carboxylic acids is 1.